The Bertz CT molecular complexity index is 630. The van der Waals surface area contributed by atoms with E-state index in [1.54, 1.807) is 0 Å². The van der Waals surface area contributed by atoms with Crippen LogP contribution in [0.25, 0.3) is 0 Å². The summed E-state index contributed by atoms with van der Waals surface area (Å²) in [5, 5.41) is 0.304. The summed E-state index contributed by atoms with van der Waals surface area (Å²) < 4.78 is 13.9. The van der Waals surface area contributed by atoms with E-state index in [0.29, 0.717) is 17.4 Å². The number of fused-ring (bicyclic) bond motifs is 1. The van der Waals surface area contributed by atoms with Gasteiger partial charge in [0.2, 0.25) is 0 Å². The molecule has 0 atom stereocenters. The van der Waals surface area contributed by atoms with E-state index >= 15 is 0 Å². The van der Waals surface area contributed by atoms with Gasteiger partial charge in [0.15, 0.2) is 11.6 Å². The normalized spacial score (nSPS) is 14.3. The largest absolute Gasteiger partial charge is 0.398 e. The van der Waals surface area contributed by atoms with E-state index in [9.17, 15) is 4.39 Å². The Kier molecular flexibility index (Phi) is 3.03. The molecule has 0 bridgehead atoms. The van der Waals surface area contributed by atoms with E-state index in [1.807, 2.05) is 17.0 Å². The van der Waals surface area contributed by atoms with Crippen LogP contribution in [-0.2, 0) is 13.0 Å². The number of halogens is 2. The predicted octanol–water partition coefficient (Wildman–Crippen LogP) is 3.02. The molecule has 0 fully saturated rings. The molecule has 0 spiro atoms. The lowest BCUT2D eigenvalue weighted by Gasteiger charge is -2.30. The van der Waals surface area contributed by atoms with Crippen LogP contribution in [0.2, 0.25) is 5.02 Å². The Morgan fingerprint density at radius 1 is 1.37 bits per heavy atom. The van der Waals surface area contributed by atoms with E-state index in [1.165, 1.54) is 17.8 Å². The lowest BCUT2D eigenvalue weighted by Crippen LogP contribution is -2.32. The standard InChI is InChI=1S/C14H13ClFN3/c15-10-6-12(16)14(18-7-10)19-5-4-9-2-1-3-13(17)11(9)8-19/h1-3,6-7H,4-5,8,17H2. The highest BCUT2D eigenvalue weighted by atomic mass is 35.5. The van der Waals surface area contributed by atoms with Crippen LogP contribution in [0.5, 0.6) is 0 Å². The average molecular weight is 278 g/mol. The van der Waals surface area contributed by atoms with Gasteiger partial charge in [-0.2, -0.15) is 0 Å². The first-order chi connectivity index (χ1) is 9.15. The third-order valence-electron chi connectivity index (χ3n) is 3.40. The summed E-state index contributed by atoms with van der Waals surface area (Å²) in [7, 11) is 0. The van der Waals surface area contributed by atoms with Gasteiger partial charge >= 0.3 is 0 Å². The zero-order valence-electron chi connectivity index (χ0n) is 10.2. The maximum absolute atomic E-state index is 13.9. The summed E-state index contributed by atoms with van der Waals surface area (Å²) in [6.45, 7) is 1.30. The van der Waals surface area contributed by atoms with Crippen LogP contribution in [-0.4, -0.2) is 11.5 Å². The highest BCUT2D eigenvalue weighted by Gasteiger charge is 2.21. The Balaban J connectivity index is 1.95. The van der Waals surface area contributed by atoms with Crippen molar-refractivity contribution in [2.24, 2.45) is 0 Å². The smallest absolute Gasteiger partial charge is 0.167 e. The van der Waals surface area contributed by atoms with E-state index < -0.39 is 5.82 Å². The molecule has 3 rings (SSSR count). The molecule has 98 valence electrons. The predicted molar refractivity (Wildman–Crippen MR) is 74.8 cm³/mol. The third-order valence-corrected chi connectivity index (χ3v) is 3.60. The first-order valence-corrected chi connectivity index (χ1v) is 6.45. The number of nitrogens with two attached hydrogens (primary N) is 1. The van der Waals surface area contributed by atoms with Crippen LogP contribution < -0.4 is 10.6 Å². The molecule has 3 nitrogen and oxygen atoms in total. The van der Waals surface area contributed by atoms with Crippen molar-refractivity contribution < 1.29 is 4.39 Å². The number of nitrogen functional groups attached to an aromatic ring is 1. The Morgan fingerprint density at radius 3 is 3.00 bits per heavy atom. The highest BCUT2D eigenvalue weighted by molar-refractivity contribution is 6.30. The summed E-state index contributed by atoms with van der Waals surface area (Å²) >= 11 is 5.72. The number of hydrogen-bond donors (Lipinski definition) is 1. The molecule has 0 saturated heterocycles. The maximum atomic E-state index is 13.9. The number of pyridine rings is 1. The molecular formula is C14H13ClFN3. The maximum Gasteiger partial charge on any atom is 0.167 e. The van der Waals surface area contributed by atoms with Crippen LogP contribution in [0.3, 0.4) is 0 Å². The van der Waals surface area contributed by atoms with Crippen molar-refractivity contribution in [3.8, 4) is 0 Å². The van der Waals surface area contributed by atoms with Crippen molar-refractivity contribution in [2.45, 2.75) is 13.0 Å². The molecule has 0 aliphatic carbocycles. The SMILES string of the molecule is Nc1cccc2c1CN(c1ncc(Cl)cc1F)CC2. The monoisotopic (exact) mass is 277 g/mol. The fourth-order valence-corrected chi connectivity index (χ4v) is 2.57. The molecule has 0 radical (unpaired) electrons. The molecule has 5 heteroatoms. The van der Waals surface area contributed by atoms with Crippen LogP contribution in [0.1, 0.15) is 11.1 Å². The van der Waals surface area contributed by atoms with Crippen LogP contribution in [0.4, 0.5) is 15.9 Å². The summed E-state index contributed by atoms with van der Waals surface area (Å²) in [6, 6.07) is 7.17. The lowest BCUT2D eigenvalue weighted by molar-refractivity contribution is 0.601. The molecule has 2 N–H and O–H groups in total. The minimum atomic E-state index is -0.398. The van der Waals surface area contributed by atoms with Gasteiger partial charge < -0.3 is 10.6 Å². The number of hydrogen-bond acceptors (Lipinski definition) is 3. The minimum Gasteiger partial charge on any atom is -0.398 e. The zero-order valence-corrected chi connectivity index (χ0v) is 11.0. The number of benzene rings is 1. The van der Waals surface area contributed by atoms with Gasteiger partial charge in [-0.15, -0.1) is 0 Å². The summed E-state index contributed by atoms with van der Waals surface area (Å²) in [6.07, 6.45) is 2.30. The second-order valence-corrected chi connectivity index (χ2v) is 5.05. The summed E-state index contributed by atoms with van der Waals surface area (Å²) in [4.78, 5) is 5.98. The van der Waals surface area contributed by atoms with Gasteiger partial charge in [0.1, 0.15) is 0 Å². The lowest BCUT2D eigenvalue weighted by atomic mass is 9.98. The molecule has 1 aromatic carbocycles. The molecule has 0 amide bonds. The van der Waals surface area contributed by atoms with Crippen molar-refractivity contribution in [3.05, 3.63) is 52.4 Å². The highest BCUT2D eigenvalue weighted by Crippen LogP contribution is 2.28. The Hall–Kier alpha value is -1.81. The van der Waals surface area contributed by atoms with Gasteiger partial charge in [0.25, 0.3) is 0 Å². The Labute approximate surface area is 115 Å². The molecule has 0 unspecified atom stereocenters. The van der Waals surface area contributed by atoms with Gasteiger partial charge in [-0.25, -0.2) is 9.37 Å². The van der Waals surface area contributed by atoms with Gasteiger partial charge in [-0.3, -0.25) is 0 Å². The second kappa shape index (κ2) is 4.70. The molecule has 19 heavy (non-hydrogen) atoms. The first kappa shape index (κ1) is 12.2. The quantitative estimate of drug-likeness (QED) is 0.815. The van der Waals surface area contributed by atoms with E-state index in [2.05, 4.69) is 11.1 Å². The molecule has 0 saturated carbocycles. The van der Waals surface area contributed by atoms with Crippen molar-refractivity contribution >= 4 is 23.1 Å². The van der Waals surface area contributed by atoms with Gasteiger partial charge in [-0.05, 0) is 29.7 Å². The summed E-state index contributed by atoms with van der Waals surface area (Å²) in [5.41, 5.74) is 9.02. The topological polar surface area (TPSA) is 42.1 Å². The van der Waals surface area contributed by atoms with Crippen molar-refractivity contribution in [1.82, 2.24) is 4.98 Å². The molecule has 2 aromatic rings. The van der Waals surface area contributed by atoms with Crippen LogP contribution >= 0.6 is 11.6 Å². The van der Waals surface area contributed by atoms with E-state index in [-0.39, 0.29) is 0 Å². The number of anilines is 2. The van der Waals surface area contributed by atoms with Crippen molar-refractivity contribution in [1.29, 1.82) is 0 Å². The second-order valence-electron chi connectivity index (χ2n) is 4.62. The fourth-order valence-electron chi connectivity index (χ4n) is 2.43. The zero-order chi connectivity index (χ0) is 13.4. The average Bonchev–Trinajstić information content (AvgIpc) is 2.39. The molecule has 2 heterocycles. The number of rotatable bonds is 1. The van der Waals surface area contributed by atoms with Gasteiger partial charge in [-0.1, -0.05) is 23.7 Å². The van der Waals surface area contributed by atoms with Crippen molar-refractivity contribution in [2.75, 3.05) is 17.2 Å². The van der Waals surface area contributed by atoms with E-state index in [4.69, 9.17) is 17.3 Å². The molecule has 1 aliphatic heterocycles. The Morgan fingerprint density at radius 2 is 2.21 bits per heavy atom. The third kappa shape index (κ3) is 2.24. The van der Waals surface area contributed by atoms with Crippen molar-refractivity contribution in [3.63, 3.8) is 0 Å². The molecule has 1 aromatic heterocycles. The van der Waals surface area contributed by atoms with Crippen LogP contribution in [0.15, 0.2) is 30.5 Å². The van der Waals surface area contributed by atoms with Crippen LogP contribution in [0, 0.1) is 5.82 Å². The van der Waals surface area contributed by atoms with E-state index in [0.717, 1.165) is 24.2 Å². The van der Waals surface area contributed by atoms with Gasteiger partial charge in [0, 0.05) is 25.0 Å². The number of aromatic nitrogens is 1. The first-order valence-electron chi connectivity index (χ1n) is 6.07. The molecule has 1 aliphatic rings. The fraction of sp³-hybridized carbons (Fsp3) is 0.214. The minimum absolute atomic E-state index is 0.304. The molecular weight excluding hydrogens is 265 g/mol. The summed E-state index contributed by atoms with van der Waals surface area (Å²) in [5.74, 6) is -0.0660. The number of nitrogens with zero attached hydrogens (tertiary/aromatic N) is 2. The van der Waals surface area contributed by atoms with Gasteiger partial charge in [0.05, 0.1) is 5.02 Å².